The molecule has 0 spiro atoms. The van der Waals surface area contributed by atoms with E-state index in [1.54, 1.807) is 0 Å². The summed E-state index contributed by atoms with van der Waals surface area (Å²) >= 11 is 0. The summed E-state index contributed by atoms with van der Waals surface area (Å²) in [6.07, 6.45) is 0. The van der Waals surface area contributed by atoms with Crippen LogP contribution in [0.5, 0.6) is 0 Å². The van der Waals surface area contributed by atoms with Crippen LogP contribution in [0, 0.1) is 0 Å². The summed E-state index contributed by atoms with van der Waals surface area (Å²) in [5.41, 5.74) is 0. The molecule has 74 valence electrons. The first-order valence-corrected chi connectivity index (χ1v) is 4.37. The van der Waals surface area contributed by atoms with Crippen molar-refractivity contribution in [3.63, 3.8) is 0 Å². The molecule has 0 bridgehead atoms. The average molecular weight is 186 g/mol. The zero-order valence-electron chi connectivity index (χ0n) is 7.71. The normalized spacial score (nSPS) is 18.1. The Labute approximate surface area is 77.0 Å². The maximum absolute atomic E-state index is 11.2. The molecule has 1 aliphatic rings. The van der Waals surface area contributed by atoms with E-state index in [1.165, 1.54) is 4.90 Å². The predicted molar refractivity (Wildman–Crippen MR) is 46.1 cm³/mol. The van der Waals surface area contributed by atoms with E-state index >= 15 is 0 Å². The summed E-state index contributed by atoms with van der Waals surface area (Å²) in [7, 11) is 0. The van der Waals surface area contributed by atoms with Crippen LogP contribution in [-0.2, 0) is 14.3 Å². The SMILES string of the molecule is CCOCCN1C(=O)CNCC1=O. The lowest BCUT2D eigenvalue weighted by atomic mass is 10.3. The van der Waals surface area contributed by atoms with Crippen molar-refractivity contribution in [1.82, 2.24) is 10.2 Å². The van der Waals surface area contributed by atoms with Crippen LogP contribution in [-0.4, -0.2) is 49.6 Å². The Morgan fingerprint density at radius 3 is 2.54 bits per heavy atom. The first-order valence-electron chi connectivity index (χ1n) is 4.37. The van der Waals surface area contributed by atoms with Crippen molar-refractivity contribution in [2.24, 2.45) is 0 Å². The summed E-state index contributed by atoms with van der Waals surface area (Å²) in [5.74, 6) is -0.341. The molecule has 1 N–H and O–H groups in total. The highest BCUT2D eigenvalue weighted by atomic mass is 16.5. The largest absolute Gasteiger partial charge is 0.380 e. The van der Waals surface area contributed by atoms with Gasteiger partial charge < -0.3 is 4.74 Å². The molecule has 0 saturated carbocycles. The highest BCUT2D eigenvalue weighted by Gasteiger charge is 2.24. The number of hydrogen-bond acceptors (Lipinski definition) is 4. The van der Waals surface area contributed by atoms with E-state index in [2.05, 4.69) is 5.32 Å². The lowest BCUT2D eigenvalue weighted by Gasteiger charge is -2.25. The molecule has 5 nitrogen and oxygen atoms in total. The van der Waals surface area contributed by atoms with E-state index in [0.717, 1.165) is 0 Å². The van der Waals surface area contributed by atoms with Crippen molar-refractivity contribution in [3.8, 4) is 0 Å². The Morgan fingerprint density at radius 1 is 1.38 bits per heavy atom. The van der Waals surface area contributed by atoms with Gasteiger partial charge >= 0.3 is 0 Å². The molecule has 0 unspecified atom stereocenters. The fourth-order valence-corrected chi connectivity index (χ4v) is 1.16. The van der Waals surface area contributed by atoms with E-state index in [0.29, 0.717) is 19.8 Å². The third-order valence-electron chi connectivity index (χ3n) is 1.82. The van der Waals surface area contributed by atoms with Gasteiger partial charge in [-0.25, -0.2) is 0 Å². The van der Waals surface area contributed by atoms with E-state index in [4.69, 9.17) is 4.74 Å². The number of carbonyl (C=O) groups is 2. The van der Waals surface area contributed by atoms with E-state index in [9.17, 15) is 9.59 Å². The molecule has 0 atom stereocenters. The minimum absolute atomic E-state index is 0.170. The van der Waals surface area contributed by atoms with Gasteiger partial charge in [0.15, 0.2) is 0 Å². The molecule has 13 heavy (non-hydrogen) atoms. The van der Waals surface area contributed by atoms with Crippen LogP contribution in [0.4, 0.5) is 0 Å². The highest BCUT2D eigenvalue weighted by Crippen LogP contribution is 1.95. The first kappa shape index (κ1) is 10.1. The number of nitrogens with one attached hydrogen (secondary N) is 1. The maximum Gasteiger partial charge on any atom is 0.243 e. The van der Waals surface area contributed by atoms with Crippen LogP contribution in [0.25, 0.3) is 0 Å². The van der Waals surface area contributed by atoms with Gasteiger partial charge in [-0.15, -0.1) is 0 Å². The third kappa shape index (κ3) is 2.78. The number of nitrogens with zero attached hydrogens (tertiary/aromatic N) is 1. The third-order valence-corrected chi connectivity index (χ3v) is 1.82. The molecule has 0 radical (unpaired) electrons. The van der Waals surface area contributed by atoms with Gasteiger partial charge in [0.25, 0.3) is 0 Å². The summed E-state index contributed by atoms with van der Waals surface area (Å²) in [5, 5.41) is 2.72. The Bertz CT molecular complexity index is 190. The summed E-state index contributed by atoms with van der Waals surface area (Å²) in [6, 6.07) is 0. The van der Waals surface area contributed by atoms with Crippen molar-refractivity contribution in [3.05, 3.63) is 0 Å². The van der Waals surface area contributed by atoms with Gasteiger partial charge in [-0.05, 0) is 6.92 Å². The monoisotopic (exact) mass is 186 g/mol. The van der Waals surface area contributed by atoms with Gasteiger partial charge in [-0.1, -0.05) is 0 Å². The number of amides is 2. The molecule has 0 aromatic carbocycles. The molecule has 1 saturated heterocycles. The van der Waals surface area contributed by atoms with E-state index in [-0.39, 0.29) is 24.9 Å². The van der Waals surface area contributed by atoms with Crippen LogP contribution >= 0.6 is 0 Å². The molecular formula is C8H14N2O3. The molecule has 1 heterocycles. The Hall–Kier alpha value is -0.940. The molecule has 1 fully saturated rings. The zero-order chi connectivity index (χ0) is 9.68. The fourth-order valence-electron chi connectivity index (χ4n) is 1.16. The van der Waals surface area contributed by atoms with Crippen molar-refractivity contribution in [2.75, 3.05) is 32.8 Å². The average Bonchev–Trinajstić information content (AvgIpc) is 2.10. The smallest absolute Gasteiger partial charge is 0.243 e. The Balaban J connectivity index is 2.35. The van der Waals surface area contributed by atoms with Crippen molar-refractivity contribution >= 4 is 11.8 Å². The van der Waals surface area contributed by atoms with Gasteiger partial charge in [0, 0.05) is 6.61 Å². The second kappa shape index (κ2) is 4.94. The number of imide groups is 1. The Kier molecular flexibility index (Phi) is 3.85. The number of rotatable bonds is 4. The maximum atomic E-state index is 11.2. The molecule has 0 aromatic rings. The van der Waals surface area contributed by atoms with Gasteiger partial charge in [0.2, 0.25) is 11.8 Å². The summed E-state index contributed by atoms with van der Waals surface area (Å²) < 4.78 is 5.07. The topological polar surface area (TPSA) is 58.6 Å². The van der Waals surface area contributed by atoms with Crippen LogP contribution in [0.2, 0.25) is 0 Å². The van der Waals surface area contributed by atoms with Gasteiger partial charge in [0.05, 0.1) is 26.2 Å². The molecule has 1 aliphatic heterocycles. The van der Waals surface area contributed by atoms with Gasteiger partial charge in [-0.2, -0.15) is 0 Å². The zero-order valence-corrected chi connectivity index (χ0v) is 7.71. The van der Waals surface area contributed by atoms with Crippen molar-refractivity contribution in [2.45, 2.75) is 6.92 Å². The number of piperazine rings is 1. The second-order valence-electron chi connectivity index (χ2n) is 2.74. The minimum atomic E-state index is -0.170. The number of ether oxygens (including phenoxy) is 1. The fraction of sp³-hybridized carbons (Fsp3) is 0.750. The number of hydrogen-bond donors (Lipinski definition) is 1. The Morgan fingerprint density at radius 2 is 2.00 bits per heavy atom. The lowest BCUT2D eigenvalue weighted by Crippen LogP contribution is -2.52. The predicted octanol–water partition coefficient (Wildman–Crippen LogP) is -1.02. The van der Waals surface area contributed by atoms with Gasteiger partial charge in [-0.3, -0.25) is 19.8 Å². The highest BCUT2D eigenvalue weighted by molar-refractivity contribution is 5.99. The van der Waals surface area contributed by atoms with Crippen molar-refractivity contribution in [1.29, 1.82) is 0 Å². The second-order valence-corrected chi connectivity index (χ2v) is 2.74. The minimum Gasteiger partial charge on any atom is -0.380 e. The van der Waals surface area contributed by atoms with Crippen LogP contribution < -0.4 is 5.32 Å². The van der Waals surface area contributed by atoms with E-state index < -0.39 is 0 Å². The molecule has 1 rings (SSSR count). The molecule has 0 aromatic heterocycles. The lowest BCUT2D eigenvalue weighted by molar-refractivity contribution is -0.147. The van der Waals surface area contributed by atoms with Crippen LogP contribution in [0.15, 0.2) is 0 Å². The first-order chi connectivity index (χ1) is 6.25. The quantitative estimate of drug-likeness (QED) is 0.451. The van der Waals surface area contributed by atoms with Gasteiger partial charge in [0.1, 0.15) is 0 Å². The standard InChI is InChI=1S/C8H14N2O3/c1-2-13-4-3-10-7(11)5-9-6-8(10)12/h9H,2-6H2,1H3. The van der Waals surface area contributed by atoms with E-state index in [1.807, 2.05) is 6.92 Å². The van der Waals surface area contributed by atoms with Crippen LogP contribution in [0.1, 0.15) is 6.92 Å². The molecular weight excluding hydrogens is 172 g/mol. The number of carbonyl (C=O) groups excluding carboxylic acids is 2. The van der Waals surface area contributed by atoms with Crippen molar-refractivity contribution < 1.29 is 14.3 Å². The molecule has 0 aliphatic carbocycles. The molecule has 5 heteroatoms. The summed E-state index contributed by atoms with van der Waals surface area (Å²) in [6.45, 7) is 3.77. The van der Waals surface area contributed by atoms with Crippen LogP contribution in [0.3, 0.4) is 0 Å². The summed E-state index contributed by atoms with van der Waals surface area (Å²) in [4.78, 5) is 23.6. The molecule has 2 amide bonds.